The lowest BCUT2D eigenvalue weighted by Gasteiger charge is -2.23. The highest BCUT2D eigenvalue weighted by Gasteiger charge is 2.42. The van der Waals surface area contributed by atoms with E-state index in [0.29, 0.717) is 24.4 Å². The average Bonchev–Trinajstić information content (AvgIpc) is 3.17. The number of nitrogens with one attached hydrogen (secondary N) is 1. The molecule has 3 aliphatic rings. The van der Waals surface area contributed by atoms with Crippen LogP contribution in [0.15, 0.2) is 0 Å². The predicted octanol–water partition coefficient (Wildman–Crippen LogP) is -1.29. The normalized spacial score (nSPS) is 34.3. The van der Waals surface area contributed by atoms with Crippen molar-refractivity contribution in [2.75, 3.05) is 32.8 Å². The van der Waals surface area contributed by atoms with Crippen LogP contribution in [0.25, 0.3) is 0 Å². The molecule has 7 nitrogen and oxygen atoms in total. The van der Waals surface area contributed by atoms with Gasteiger partial charge in [-0.1, -0.05) is 0 Å². The molecule has 2 heterocycles. The Bertz CT molecular complexity index is 431. The molecule has 7 heteroatoms. The fraction of sp³-hybridized carbons (Fsp3) is 0.867. The lowest BCUT2D eigenvalue weighted by Crippen LogP contribution is -2.46. The zero-order valence-electron chi connectivity index (χ0n) is 12.9. The van der Waals surface area contributed by atoms with E-state index in [0.717, 1.165) is 45.3 Å². The van der Waals surface area contributed by atoms with E-state index in [1.54, 1.807) is 9.80 Å². The summed E-state index contributed by atoms with van der Waals surface area (Å²) in [6.45, 7) is 2.22. The summed E-state index contributed by atoms with van der Waals surface area (Å²) in [5.41, 5.74) is 5.91. The molecule has 4 N–H and O–H groups in total. The zero-order chi connectivity index (χ0) is 15.7. The predicted molar refractivity (Wildman–Crippen MR) is 80.6 cm³/mol. The molecule has 1 saturated carbocycles. The Labute approximate surface area is 130 Å². The molecule has 1 aliphatic carbocycles. The number of aliphatic hydroxyl groups is 1. The first-order valence-electron chi connectivity index (χ1n) is 8.25. The summed E-state index contributed by atoms with van der Waals surface area (Å²) in [6, 6.07) is 0.351. The first-order valence-corrected chi connectivity index (χ1v) is 8.25. The summed E-state index contributed by atoms with van der Waals surface area (Å²) in [5.74, 6) is 0.922. The smallest absolute Gasteiger partial charge is 0.248 e. The van der Waals surface area contributed by atoms with Crippen LogP contribution in [0.2, 0.25) is 0 Å². The summed E-state index contributed by atoms with van der Waals surface area (Å²) in [5, 5.41) is 12.3. The third kappa shape index (κ3) is 3.11. The van der Waals surface area contributed by atoms with Crippen LogP contribution in [0.3, 0.4) is 0 Å². The second kappa shape index (κ2) is 6.52. The molecule has 0 spiro atoms. The lowest BCUT2D eigenvalue weighted by atomic mass is 10.0. The number of likely N-dealkylation sites (tertiary alicyclic amines) is 2. The minimum atomic E-state index is -0.397. The Morgan fingerprint density at radius 2 is 1.86 bits per heavy atom. The Kier molecular flexibility index (Phi) is 4.65. The van der Waals surface area contributed by atoms with Crippen LogP contribution in [0.1, 0.15) is 25.7 Å². The quantitative estimate of drug-likeness (QED) is 0.600. The van der Waals surface area contributed by atoms with Crippen molar-refractivity contribution in [1.29, 1.82) is 0 Å². The SMILES string of the molecule is NC1CCCN1C(=O)CN[C@@H]1C[C@@H]2CN(C(=O)CO)C[C@@H]2C1. The molecule has 2 amide bonds. The summed E-state index contributed by atoms with van der Waals surface area (Å²) in [4.78, 5) is 27.2. The van der Waals surface area contributed by atoms with Crippen LogP contribution in [0.4, 0.5) is 0 Å². The molecular formula is C15H26N4O3. The summed E-state index contributed by atoms with van der Waals surface area (Å²) >= 11 is 0. The van der Waals surface area contributed by atoms with Gasteiger partial charge in [0.25, 0.3) is 0 Å². The van der Waals surface area contributed by atoms with Crippen LogP contribution >= 0.6 is 0 Å². The van der Waals surface area contributed by atoms with E-state index in [4.69, 9.17) is 10.8 Å². The number of aliphatic hydroxyl groups excluding tert-OH is 1. The first-order chi connectivity index (χ1) is 10.6. The van der Waals surface area contributed by atoms with Gasteiger partial charge in [-0.3, -0.25) is 9.59 Å². The van der Waals surface area contributed by atoms with Gasteiger partial charge in [-0.15, -0.1) is 0 Å². The number of nitrogens with two attached hydrogens (primary N) is 1. The van der Waals surface area contributed by atoms with Crippen molar-refractivity contribution in [3.05, 3.63) is 0 Å². The largest absolute Gasteiger partial charge is 0.387 e. The van der Waals surface area contributed by atoms with E-state index in [-0.39, 0.29) is 18.0 Å². The third-order valence-electron chi connectivity index (χ3n) is 5.40. The standard InChI is InChI=1S/C15H26N4O3/c16-13-2-1-3-19(13)14(21)6-17-12-4-10-7-18(15(22)9-20)8-11(10)5-12/h10-13,17,20H,1-9,16H2/t10-,11+,12-,13?. The minimum Gasteiger partial charge on any atom is -0.387 e. The zero-order valence-corrected chi connectivity index (χ0v) is 12.9. The van der Waals surface area contributed by atoms with E-state index in [1.807, 2.05) is 0 Å². The average molecular weight is 310 g/mol. The number of amides is 2. The minimum absolute atomic E-state index is 0.0964. The van der Waals surface area contributed by atoms with Crippen molar-refractivity contribution >= 4 is 11.8 Å². The molecule has 0 bridgehead atoms. The maximum absolute atomic E-state index is 12.1. The van der Waals surface area contributed by atoms with Crippen molar-refractivity contribution in [2.24, 2.45) is 17.6 Å². The van der Waals surface area contributed by atoms with Crippen LogP contribution < -0.4 is 11.1 Å². The topological polar surface area (TPSA) is 98.9 Å². The molecular weight excluding hydrogens is 284 g/mol. The molecule has 2 saturated heterocycles. The number of carbonyl (C=O) groups excluding carboxylic acids is 2. The van der Waals surface area contributed by atoms with Gasteiger partial charge in [-0.2, -0.15) is 0 Å². The molecule has 124 valence electrons. The third-order valence-corrected chi connectivity index (χ3v) is 5.40. The summed E-state index contributed by atoms with van der Waals surface area (Å²) < 4.78 is 0. The van der Waals surface area contributed by atoms with Gasteiger partial charge in [0.2, 0.25) is 11.8 Å². The van der Waals surface area contributed by atoms with Crippen LogP contribution in [-0.4, -0.2) is 71.7 Å². The Balaban J connectivity index is 1.42. The van der Waals surface area contributed by atoms with Crippen molar-refractivity contribution in [3.8, 4) is 0 Å². The number of hydrogen-bond donors (Lipinski definition) is 3. The number of rotatable bonds is 4. The molecule has 3 fully saturated rings. The van der Waals surface area contributed by atoms with Crippen molar-refractivity contribution in [3.63, 3.8) is 0 Å². The van der Waals surface area contributed by atoms with E-state index in [1.165, 1.54) is 0 Å². The van der Waals surface area contributed by atoms with Crippen LogP contribution in [-0.2, 0) is 9.59 Å². The van der Waals surface area contributed by atoms with E-state index in [2.05, 4.69) is 5.32 Å². The van der Waals surface area contributed by atoms with Gasteiger partial charge in [-0.05, 0) is 37.5 Å². The number of fused-ring (bicyclic) bond motifs is 1. The fourth-order valence-electron chi connectivity index (χ4n) is 4.21. The molecule has 22 heavy (non-hydrogen) atoms. The van der Waals surface area contributed by atoms with Gasteiger partial charge >= 0.3 is 0 Å². The highest BCUT2D eigenvalue weighted by atomic mass is 16.3. The van der Waals surface area contributed by atoms with Crippen LogP contribution in [0, 0.1) is 11.8 Å². The van der Waals surface area contributed by atoms with E-state index < -0.39 is 6.61 Å². The molecule has 0 aromatic heterocycles. The molecule has 3 rings (SSSR count). The number of carbonyl (C=O) groups is 2. The lowest BCUT2D eigenvalue weighted by molar-refractivity contribution is -0.133. The van der Waals surface area contributed by atoms with Gasteiger partial charge in [0, 0.05) is 25.7 Å². The molecule has 0 aromatic carbocycles. The van der Waals surface area contributed by atoms with Gasteiger partial charge in [0.05, 0.1) is 12.7 Å². The maximum atomic E-state index is 12.1. The van der Waals surface area contributed by atoms with Gasteiger partial charge in [-0.25, -0.2) is 0 Å². The summed E-state index contributed by atoms with van der Waals surface area (Å²) in [6.07, 6.45) is 3.78. The highest BCUT2D eigenvalue weighted by Crippen LogP contribution is 2.38. The molecule has 1 unspecified atom stereocenters. The monoisotopic (exact) mass is 310 g/mol. The van der Waals surface area contributed by atoms with Crippen LogP contribution in [0.5, 0.6) is 0 Å². The second-order valence-corrected chi connectivity index (χ2v) is 6.82. The Morgan fingerprint density at radius 3 is 2.41 bits per heavy atom. The molecule has 0 aromatic rings. The van der Waals surface area contributed by atoms with Crippen molar-refractivity contribution < 1.29 is 14.7 Å². The second-order valence-electron chi connectivity index (χ2n) is 6.82. The Morgan fingerprint density at radius 1 is 1.18 bits per heavy atom. The van der Waals surface area contributed by atoms with E-state index in [9.17, 15) is 9.59 Å². The van der Waals surface area contributed by atoms with Crippen molar-refractivity contribution in [2.45, 2.75) is 37.9 Å². The van der Waals surface area contributed by atoms with Crippen molar-refractivity contribution in [1.82, 2.24) is 15.1 Å². The summed E-state index contributed by atoms with van der Waals surface area (Å²) in [7, 11) is 0. The number of hydrogen-bond acceptors (Lipinski definition) is 5. The van der Waals surface area contributed by atoms with Gasteiger partial charge in [0.15, 0.2) is 0 Å². The first kappa shape index (κ1) is 15.7. The fourth-order valence-corrected chi connectivity index (χ4v) is 4.21. The maximum Gasteiger partial charge on any atom is 0.248 e. The molecule has 2 aliphatic heterocycles. The highest BCUT2D eigenvalue weighted by molar-refractivity contribution is 5.79. The molecule has 4 atom stereocenters. The Hall–Kier alpha value is -1.18. The van der Waals surface area contributed by atoms with E-state index >= 15 is 0 Å². The molecule has 0 radical (unpaired) electrons. The van der Waals surface area contributed by atoms with Gasteiger partial charge in [0.1, 0.15) is 6.61 Å². The number of nitrogens with zero attached hydrogens (tertiary/aromatic N) is 2. The van der Waals surface area contributed by atoms with Gasteiger partial charge < -0.3 is 26.0 Å².